The normalized spacial score (nSPS) is 17.2. The number of benzene rings is 1. The van der Waals surface area contributed by atoms with Crippen LogP contribution in [0.15, 0.2) is 48.9 Å². The van der Waals surface area contributed by atoms with E-state index in [1.807, 2.05) is 41.6 Å². The Kier molecular flexibility index (Phi) is 5.05. The lowest BCUT2D eigenvalue weighted by Crippen LogP contribution is -2.43. The van der Waals surface area contributed by atoms with E-state index in [9.17, 15) is 4.79 Å². The van der Waals surface area contributed by atoms with Gasteiger partial charge in [-0.25, -0.2) is 14.8 Å². The molecule has 3 heterocycles. The fourth-order valence-corrected chi connectivity index (χ4v) is 3.85. The molecule has 1 aromatic carbocycles. The highest BCUT2D eigenvalue weighted by Gasteiger charge is 2.24. The van der Waals surface area contributed by atoms with E-state index in [0.29, 0.717) is 5.92 Å². The van der Waals surface area contributed by atoms with Crippen molar-refractivity contribution in [2.45, 2.75) is 32.7 Å². The van der Waals surface area contributed by atoms with Gasteiger partial charge in [0.2, 0.25) is 0 Å². The number of rotatable bonds is 4. The molecule has 4 rings (SSSR count). The van der Waals surface area contributed by atoms with Gasteiger partial charge in [0.15, 0.2) is 5.65 Å². The molecule has 0 spiro atoms. The van der Waals surface area contributed by atoms with E-state index in [2.05, 4.69) is 32.8 Å². The molecule has 0 radical (unpaired) electrons. The predicted molar refractivity (Wildman–Crippen MR) is 107 cm³/mol. The second-order valence-corrected chi connectivity index (χ2v) is 7.14. The van der Waals surface area contributed by atoms with Crippen molar-refractivity contribution in [3.8, 4) is 0 Å². The van der Waals surface area contributed by atoms with Crippen LogP contribution in [0.25, 0.3) is 11.2 Å². The SMILES string of the molecule is CCc1ccccc1NC(=O)N1CCCC(Cn2cnc3cccnc32)C1. The molecular formula is C21H25N5O. The third-order valence-electron chi connectivity index (χ3n) is 5.28. The predicted octanol–water partition coefficient (Wildman–Crippen LogP) is 3.94. The number of urea groups is 1. The lowest BCUT2D eigenvalue weighted by molar-refractivity contribution is 0.171. The number of pyridine rings is 1. The molecule has 1 unspecified atom stereocenters. The number of anilines is 1. The molecule has 0 bridgehead atoms. The minimum atomic E-state index is -0.00536. The molecule has 0 aliphatic carbocycles. The van der Waals surface area contributed by atoms with Crippen molar-refractivity contribution in [2.24, 2.45) is 5.92 Å². The maximum Gasteiger partial charge on any atom is 0.321 e. The molecular weight excluding hydrogens is 338 g/mol. The Morgan fingerprint density at radius 2 is 2.11 bits per heavy atom. The summed E-state index contributed by atoms with van der Waals surface area (Å²) in [6, 6.07) is 11.9. The standard InChI is InChI=1S/C21H25N5O/c1-2-17-8-3-4-9-18(17)24-21(27)25-12-6-7-16(13-25)14-26-15-23-19-10-5-11-22-20(19)26/h3-5,8-11,15-16H,2,6-7,12-14H2,1H3,(H,24,27). The molecule has 3 aromatic rings. The number of amides is 2. The smallest absolute Gasteiger partial charge is 0.321 e. The van der Waals surface area contributed by atoms with Crippen molar-refractivity contribution >= 4 is 22.9 Å². The molecule has 1 aliphatic rings. The van der Waals surface area contributed by atoms with Gasteiger partial charge in [-0.3, -0.25) is 0 Å². The third-order valence-corrected chi connectivity index (χ3v) is 5.28. The lowest BCUT2D eigenvalue weighted by Gasteiger charge is -2.33. The highest BCUT2D eigenvalue weighted by Crippen LogP contribution is 2.22. The highest BCUT2D eigenvalue weighted by molar-refractivity contribution is 5.90. The van der Waals surface area contributed by atoms with E-state index >= 15 is 0 Å². The van der Waals surface area contributed by atoms with Crippen LogP contribution in [0.3, 0.4) is 0 Å². The van der Waals surface area contributed by atoms with Gasteiger partial charge >= 0.3 is 6.03 Å². The Morgan fingerprint density at radius 1 is 1.22 bits per heavy atom. The molecule has 1 saturated heterocycles. The van der Waals surface area contributed by atoms with Gasteiger partial charge in [-0.1, -0.05) is 25.1 Å². The number of hydrogen-bond acceptors (Lipinski definition) is 3. The Hall–Kier alpha value is -2.89. The number of nitrogens with zero attached hydrogens (tertiary/aromatic N) is 4. The summed E-state index contributed by atoms with van der Waals surface area (Å²) in [5.41, 5.74) is 3.90. The van der Waals surface area contributed by atoms with Gasteiger partial charge in [-0.2, -0.15) is 0 Å². The Labute approximate surface area is 159 Å². The number of aromatic nitrogens is 3. The number of para-hydroxylation sites is 1. The van der Waals surface area contributed by atoms with Crippen LogP contribution in [-0.4, -0.2) is 38.6 Å². The number of carbonyl (C=O) groups excluding carboxylic acids is 1. The number of hydrogen-bond donors (Lipinski definition) is 1. The van der Waals surface area contributed by atoms with E-state index in [4.69, 9.17) is 0 Å². The zero-order valence-corrected chi connectivity index (χ0v) is 15.6. The molecule has 2 amide bonds. The number of piperidine rings is 1. The van der Waals surface area contributed by atoms with E-state index in [-0.39, 0.29) is 6.03 Å². The van der Waals surface area contributed by atoms with Gasteiger partial charge in [0.25, 0.3) is 0 Å². The summed E-state index contributed by atoms with van der Waals surface area (Å²) in [4.78, 5) is 23.6. The van der Waals surface area contributed by atoms with Gasteiger partial charge in [0.1, 0.15) is 5.52 Å². The quantitative estimate of drug-likeness (QED) is 0.764. The number of fused-ring (bicyclic) bond motifs is 1. The summed E-state index contributed by atoms with van der Waals surface area (Å²) in [7, 11) is 0. The van der Waals surface area contributed by atoms with Crippen molar-refractivity contribution in [3.63, 3.8) is 0 Å². The van der Waals surface area contributed by atoms with Crippen molar-refractivity contribution in [3.05, 3.63) is 54.5 Å². The summed E-state index contributed by atoms with van der Waals surface area (Å²) in [5, 5.41) is 3.10. The van der Waals surface area contributed by atoms with Crippen molar-refractivity contribution < 1.29 is 4.79 Å². The second kappa shape index (κ2) is 7.78. The van der Waals surface area contributed by atoms with Gasteiger partial charge in [0.05, 0.1) is 6.33 Å². The molecule has 27 heavy (non-hydrogen) atoms. The lowest BCUT2D eigenvalue weighted by atomic mass is 9.98. The Bertz CT molecular complexity index is 935. The zero-order valence-electron chi connectivity index (χ0n) is 15.6. The van der Waals surface area contributed by atoms with E-state index in [0.717, 1.165) is 61.3 Å². The average Bonchev–Trinajstić information content (AvgIpc) is 3.11. The van der Waals surface area contributed by atoms with E-state index in [1.54, 1.807) is 6.20 Å². The van der Waals surface area contributed by atoms with Crippen LogP contribution >= 0.6 is 0 Å². The van der Waals surface area contributed by atoms with Crippen molar-refractivity contribution in [1.82, 2.24) is 19.4 Å². The van der Waals surface area contributed by atoms with Crippen LogP contribution < -0.4 is 5.32 Å². The van der Waals surface area contributed by atoms with Gasteiger partial charge < -0.3 is 14.8 Å². The molecule has 6 nitrogen and oxygen atoms in total. The minimum Gasteiger partial charge on any atom is -0.324 e. The van der Waals surface area contributed by atoms with Crippen LogP contribution in [0.1, 0.15) is 25.3 Å². The molecule has 1 atom stereocenters. The average molecular weight is 363 g/mol. The van der Waals surface area contributed by atoms with Gasteiger partial charge in [0, 0.05) is 31.5 Å². The first-order chi connectivity index (χ1) is 13.2. The van der Waals surface area contributed by atoms with E-state index < -0.39 is 0 Å². The highest BCUT2D eigenvalue weighted by atomic mass is 16.2. The Balaban J connectivity index is 1.42. The van der Waals surface area contributed by atoms with Crippen LogP contribution in [0, 0.1) is 5.92 Å². The van der Waals surface area contributed by atoms with Gasteiger partial charge in [-0.15, -0.1) is 0 Å². The first-order valence-electron chi connectivity index (χ1n) is 9.64. The topological polar surface area (TPSA) is 63.1 Å². The first-order valence-corrected chi connectivity index (χ1v) is 9.64. The fraction of sp³-hybridized carbons (Fsp3) is 0.381. The largest absolute Gasteiger partial charge is 0.324 e. The molecule has 1 fully saturated rings. The molecule has 140 valence electrons. The Morgan fingerprint density at radius 3 is 3.00 bits per heavy atom. The monoisotopic (exact) mass is 363 g/mol. The van der Waals surface area contributed by atoms with Gasteiger partial charge in [-0.05, 0) is 48.9 Å². The number of imidazole rings is 1. The zero-order chi connectivity index (χ0) is 18.6. The van der Waals surface area contributed by atoms with E-state index in [1.165, 1.54) is 0 Å². The molecule has 1 aliphatic heterocycles. The molecule has 0 saturated carbocycles. The fourth-order valence-electron chi connectivity index (χ4n) is 3.85. The van der Waals surface area contributed by atoms with Crippen molar-refractivity contribution in [1.29, 1.82) is 0 Å². The summed E-state index contributed by atoms with van der Waals surface area (Å²) in [5.74, 6) is 0.408. The summed E-state index contributed by atoms with van der Waals surface area (Å²) in [6.07, 6.45) is 6.69. The summed E-state index contributed by atoms with van der Waals surface area (Å²) in [6.45, 7) is 4.50. The molecule has 1 N–H and O–H groups in total. The number of nitrogens with one attached hydrogen (secondary N) is 1. The van der Waals surface area contributed by atoms with Crippen molar-refractivity contribution in [2.75, 3.05) is 18.4 Å². The molecule has 2 aromatic heterocycles. The first kappa shape index (κ1) is 17.5. The summed E-state index contributed by atoms with van der Waals surface area (Å²) >= 11 is 0. The van der Waals surface area contributed by atoms with Crippen LogP contribution in [0.4, 0.5) is 10.5 Å². The number of likely N-dealkylation sites (tertiary alicyclic amines) is 1. The maximum atomic E-state index is 12.8. The van der Waals surface area contributed by atoms with Crippen LogP contribution in [0.5, 0.6) is 0 Å². The number of aryl methyl sites for hydroxylation is 1. The summed E-state index contributed by atoms with van der Waals surface area (Å²) < 4.78 is 2.10. The minimum absolute atomic E-state index is 0.00536. The van der Waals surface area contributed by atoms with Crippen LogP contribution in [0.2, 0.25) is 0 Å². The second-order valence-electron chi connectivity index (χ2n) is 7.14. The molecule has 6 heteroatoms. The third kappa shape index (κ3) is 3.79. The maximum absolute atomic E-state index is 12.8. The van der Waals surface area contributed by atoms with Crippen LogP contribution in [-0.2, 0) is 13.0 Å². The number of carbonyl (C=O) groups is 1.